The summed E-state index contributed by atoms with van der Waals surface area (Å²) in [6, 6.07) is 7.53. The van der Waals surface area contributed by atoms with E-state index < -0.39 is 11.6 Å². The van der Waals surface area contributed by atoms with Gasteiger partial charge in [0, 0.05) is 35.7 Å². The Balaban J connectivity index is 1.64. The van der Waals surface area contributed by atoms with Crippen LogP contribution in [0.1, 0.15) is 50.8 Å². The van der Waals surface area contributed by atoms with Crippen LogP contribution in [0.3, 0.4) is 0 Å². The number of amides is 2. The van der Waals surface area contributed by atoms with Crippen LogP contribution in [0.25, 0.3) is 0 Å². The maximum atomic E-state index is 13.2. The van der Waals surface area contributed by atoms with Gasteiger partial charge in [0.15, 0.2) is 0 Å². The first-order valence-corrected chi connectivity index (χ1v) is 11.3. The molecule has 0 saturated carbocycles. The monoisotopic (exact) mass is 424 g/mol. The number of likely N-dealkylation sites (tertiary alicyclic amines) is 1. The molecule has 0 N–H and O–H groups in total. The molecule has 0 aromatic heterocycles. The van der Waals surface area contributed by atoms with Crippen LogP contribution >= 0.6 is 23.4 Å². The summed E-state index contributed by atoms with van der Waals surface area (Å²) in [6.45, 7) is 7.50. The summed E-state index contributed by atoms with van der Waals surface area (Å²) in [4.78, 5) is 29.2. The number of thioether (sulfide) groups is 1. The number of rotatable bonds is 2. The zero-order valence-corrected chi connectivity index (χ0v) is 18.4. The van der Waals surface area contributed by atoms with E-state index in [0.29, 0.717) is 26.1 Å². The Kier molecular flexibility index (Phi) is 6.81. The van der Waals surface area contributed by atoms with Gasteiger partial charge in [0.05, 0.1) is 0 Å². The molecule has 2 fully saturated rings. The first-order valence-electron chi connectivity index (χ1n) is 9.91. The minimum absolute atomic E-state index is 0.0452. The van der Waals surface area contributed by atoms with Gasteiger partial charge >= 0.3 is 6.09 Å². The van der Waals surface area contributed by atoms with Gasteiger partial charge in [-0.25, -0.2) is 4.79 Å². The molecule has 2 unspecified atom stereocenters. The van der Waals surface area contributed by atoms with E-state index in [1.165, 1.54) is 0 Å². The zero-order chi connectivity index (χ0) is 20.3. The highest BCUT2D eigenvalue weighted by molar-refractivity contribution is 7.99. The van der Waals surface area contributed by atoms with E-state index in [9.17, 15) is 9.59 Å². The number of hydrogen-bond acceptors (Lipinski definition) is 4. The fourth-order valence-corrected chi connectivity index (χ4v) is 5.35. The van der Waals surface area contributed by atoms with Crippen molar-refractivity contribution in [1.82, 2.24) is 9.80 Å². The highest BCUT2D eigenvalue weighted by Crippen LogP contribution is 2.38. The highest BCUT2D eigenvalue weighted by atomic mass is 35.5. The highest BCUT2D eigenvalue weighted by Gasteiger charge is 2.39. The minimum Gasteiger partial charge on any atom is -0.444 e. The van der Waals surface area contributed by atoms with Gasteiger partial charge in [0.1, 0.15) is 11.6 Å². The van der Waals surface area contributed by atoms with Crippen LogP contribution in [-0.4, -0.2) is 58.8 Å². The minimum atomic E-state index is -0.561. The summed E-state index contributed by atoms with van der Waals surface area (Å²) >= 11 is 8.21. The number of carbonyl (C=O) groups excluding carboxylic acids is 2. The van der Waals surface area contributed by atoms with E-state index >= 15 is 0 Å². The molecule has 5 nitrogen and oxygen atoms in total. The van der Waals surface area contributed by atoms with Crippen LogP contribution in [0.2, 0.25) is 5.02 Å². The summed E-state index contributed by atoms with van der Waals surface area (Å²) in [6.07, 6.45) is 2.01. The summed E-state index contributed by atoms with van der Waals surface area (Å²) in [5, 5.41) is 1.07. The molecule has 2 saturated heterocycles. The number of hydrogen-bond donors (Lipinski definition) is 0. The van der Waals surface area contributed by atoms with Crippen molar-refractivity contribution in [2.24, 2.45) is 0 Å². The second kappa shape index (κ2) is 8.95. The van der Waals surface area contributed by atoms with Gasteiger partial charge in [-0.05, 0) is 51.7 Å². The topological polar surface area (TPSA) is 49.9 Å². The lowest BCUT2D eigenvalue weighted by atomic mass is 10.1. The predicted octanol–water partition coefficient (Wildman–Crippen LogP) is 4.75. The Morgan fingerprint density at radius 3 is 2.61 bits per heavy atom. The molecule has 0 radical (unpaired) electrons. The Morgan fingerprint density at radius 1 is 1.14 bits per heavy atom. The van der Waals surface area contributed by atoms with Crippen molar-refractivity contribution in [3.05, 3.63) is 34.9 Å². The maximum absolute atomic E-state index is 13.2. The normalized spacial score (nSPS) is 23.4. The summed E-state index contributed by atoms with van der Waals surface area (Å²) < 4.78 is 5.50. The molecule has 0 spiro atoms. The quantitative estimate of drug-likeness (QED) is 0.687. The van der Waals surface area contributed by atoms with Gasteiger partial charge in [0.2, 0.25) is 5.91 Å². The van der Waals surface area contributed by atoms with E-state index in [1.54, 1.807) is 4.90 Å². The van der Waals surface area contributed by atoms with Crippen LogP contribution in [0.15, 0.2) is 24.3 Å². The van der Waals surface area contributed by atoms with Gasteiger partial charge in [0.25, 0.3) is 0 Å². The smallest absolute Gasteiger partial charge is 0.410 e. The molecule has 2 aliphatic rings. The average Bonchev–Trinajstić information content (AvgIpc) is 2.99. The molecule has 1 aromatic carbocycles. The predicted molar refractivity (Wildman–Crippen MR) is 114 cm³/mol. The fourth-order valence-electron chi connectivity index (χ4n) is 3.75. The molecular weight excluding hydrogens is 396 g/mol. The second-order valence-corrected chi connectivity index (χ2v) is 10.0. The number of carbonyl (C=O) groups is 2. The average molecular weight is 425 g/mol. The standard InChI is InChI=1S/C21H29ClN2O3S/c1-21(2,3)27-20(26)24-11-6-9-17(24)19(25)23-12-10-18(28-14-13-23)15-7-4-5-8-16(15)22/h4-5,7-8,17-18H,6,9-14H2,1-3H3. The van der Waals surface area contributed by atoms with E-state index in [2.05, 4.69) is 6.07 Å². The largest absolute Gasteiger partial charge is 0.444 e. The van der Waals surface area contributed by atoms with E-state index in [1.807, 2.05) is 55.6 Å². The Morgan fingerprint density at radius 2 is 1.89 bits per heavy atom. The SMILES string of the molecule is CC(C)(C)OC(=O)N1CCCC1C(=O)N1CCSC(c2ccccc2Cl)CC1. The van der Waals surface area contributed by atoms with Crippen LogP contribution in [0.4, 0.5) is 4.79 Å². The van der Waals surface area contributed by atoms with Crippen LogP contribution in [-0.2, 0) is 9.53 Å². The molecule has 2 amide bonds. The van der Waals surface area contributed by atoms with Crippen molar-refractivity contribution in [2.45, 2.75) is 56.9 Å². The van der Waals surface area contributed by atoms with Crippen LogP contribution in [0, 0.1) is 0 Å². The second-order valence-electron chi connectivity index (χ2n) is 8.33. The van der Waals surface area contributed by atoms with Crippen molar-refractivity contribution < 1.29 is 14.3 Å². The van der Waals surface area contributed by atoms with Gasteiger partial charge in [-0.1, -0.05) is 29.8 Å². The van der Waals surface area contributed by atoms with E-state index in [0.717, 1.165) is 29.2 Å². The molecule has 2 aliphatic heterocycles. The van der Waals surface area contributed by atoms with Gasteiger partial charge in [-0.3, -0.25) is 9.69 Å². The van der Waals surface area contributed by atoms with E-state index in [4.69, 9.17) is 16.3 Å². The van der Waals surface area contributed by atoms with Crippen molar-refractivity contribution >= 4 is 35.4 Å². The van der Waals surface area contributed by atoms with Crippen LogP contribution < -0.4 is 0 Å². The number of halogens is 1. The Bertz CT molecular complexity index is 722. The molecule has 0 aliphatic carbocycles. The van der Waals surface area contributed by atoms with Gasteiger partial charge in [-0.15, -0.1) is 0 Å². The van der Waals surface area contributed by atoms with Gasteiger partial charge < -0.3 is 9.64 Å². The van der Waals surface area contributed by atoms with Crippen molar-refractivity contribution in [3.8, 4) is 0 Å². The van der Waals surface area contributed by atoms with Crippen molar-refractivity contribution in [3.63, 3.8) is 0 Å². The molecule has 2 atom stereocenters. The molecule has 0 bridgehead atoms. The first-order chi connectivity index (χ1) is 13.3. The molecule has 2 heterocycles. The molecule has 1 aromatic rings. The number of ether oxygens (including phenoxy) is 1. The molecule has 7 heteroatoms. The van der Waals surface area contributed by atoms with Crippen molar-refractivity contribution in [2.75, 3.05) is 25.4 Å². The summed E-state index contributed by atoms with van der Waals surface area (Å²) in [5.74, 6) is 0.907. The third-order valence-electron chi connectivity index (χ3n) is 5.07. The Labute approximate surface area is 176 Å². The number of benzene rings is 1. The third-order valence-corrected chi connectivity index (χ3v) is 6.73. The zero-order valence-electron chi connectivity index (χ0n) is 16.8. The van der Waals surface area contributed by atoms with Crippen LogP contribution in [0.5, 0.6) is 0 Å². The Hall–Kier alpha value is -1.40. The summed E-state index contributed by atoms with van der Waals surface area (Å²) in [5.41, 5.74) is 0.578. The first kappa shape index (κ1) is 21.3. The molecule has 154 valence electrons. The molecule has 28 heavy (non-hydrogen) atoms. The molecule has 3 rings (SSSR count). The van der Waals surface area contributed by atoms with Gasteiger partial charge in [-0.2, -0.15) is 11.8 Å². The number of nitrogens with zero attached hydrogens (tertiary/aromatic N) is 2. The van der Waals surface area contributed by atoms with E-state index in [-0.39, 0.29) is 17.3 Å². The summed E-state index contributed by atoms with van der Waals surface area (Å²) in [7, 11) is 0. The lowest BCUT2D eigenvalue weighted by Crippen LogP contribution is -2.49. The van der Waals surface area contributed by atoms with Crippen molar-refractivity contribution in [1.29, 1.82) is 0 Å². The lowest BCUT2D eigenvalue weighted by Gasteiger charge is -2.31. The fraction of sp³-hybridized carbons (Fsp3) is 0.619. The third kappa shape index (κ3) is 5.15. The lowest BCUT2D eigenvalue weighted by molar-refractivity contribution is -0.135. The molecular formula is C21H29ClN2O3S. The maximum Gasteiger partial charge on any atom is 0.410 e.